The topological polar surface area (TPSA) is 33.1 Å². The summed E-state index contributed by atoms with van der Waals surface area (Å²) in [5, 5.41) is 7.70. The van der Waals surface area contributed by atoms with E-state index in [2.05, 4.69) is 35.4 Å². The van der Waals surface area contributed by atoms with Gasteiger partial charge < -0.3 is 5.32 Å². The predicted molar refractivity (Wildman–Crippen MR) is 60.6 cm³/mol. The molecule has 1 aliphatic rings. The highest BCUT2D eigenvalue weighted by atomic mass is 15.3. The van der Waals surface area contributed by atoms with Crippen LogP contribution in [0.3, 0.4) is 0 Å². The molecule has 0 amide bonds. The van der Waals surface area contributed by atoms with Crippen LogP contribution in [0, 0.1) is 0 Å². The van der Waals surface area contributed by atoms with Gasteiger partial charge >= 0.3 is 0 Å². The van der Waals surface area contributed by atoms with E-state index in [1.54, 1.807) is 0 Å². The van der Waals surface area contributed by atoms with E-state index in [0.29, 0.717) is 6.04 Å². The molecule has 0 unspecified atom stereocenters. The van der Waals surface area contributed by atoms with Crippen LogP contribution in [0.25, 0.3) is 0 Å². The summed E-state index contributed by atoms with van der Waals surface area (Å²) >= 11 is 0. The van der Waals surface area contributed by atoms with Gasteiger partial charge in [0.2, 0.25) is 0 Å². The number of hydrogen-bond donors (Lipinski definition) is 1. The summed E-state index contributed by atoms with van der Waals surface area (Å²) in [7, 11) is 0. The van der Waals surface area contributed by atoms with Crippen molar-refractivity contribution in [2.75, 3.05) is 19.6 Å². The molecule has 1 atom stereocenters. The average molecular weight is 208 g/mol. The van der Waals surface area contributed by atoms with Crippen molar-refractivity contribution < 1.29 is 0 Å². The second-order valence-corrected chi connectivity index (χ2v) is 4.23. The highest BCUT2D eigenvalue weighted by Gasteiger charge is 2.17. The van der Waals surface area contributed by atoms with Gasteiger partial charge in [0.05, 0.1) is 6.20 Å². The van der Waals surface area contributed by atoms with E-state index in [1.807, 2.05) is 10.9 Å². The van der Waals surface area contributed by atoms with E-state index in [-0.39, 0.29) is 0 Å². The van der Waals surface area contributed by atoms with Crippen LogP contribution in [0.1, 0.15) is 19.4 Å². The number of rotatable bonds is 3. The average Bonchev–Trinajstić information content (AvgIpc) is 2.69. The maximum atomic E-state index is 4.30. The number of nitrogens with one attached hydrogen (secondary N) is 1. The SMILES string of the molecule is CCn1cc(CN2CCNC[C@@H]2C)cn1. The van der Waals surface area contributed by atoms with Crippen molar-refractivity contribution >= 4 is 0 Å². The minimum Gasteiger partial charge on any atom is -0.314 e. The number of aryl methyl sites for hydroxylation is 1. The third-order valence-electron chi connectivity index (χ3n) is 3.04. The summed E-state index contributed by atoms with van der Waals surface area (Å²) in [6.07, 6.45) is 4.13. The van der Waals surface area contributed by atoms with E-state index < -0.39 is 0 Å². The minimum atomic E-state index is 0.628. The highest BCUT2D eigenvalue weighted by molar-refractivity contribution is 5.04. The Morgan fingerprint density at radius 2 is 2.47 bits per heavy atom. The van der Waals surface area contributed by atoms with Crippen LogP contribution in [-0.2, 0) is 13.1 Å². The lowest BCUT2D eigenvalue weighted by Gasteiger charge is -2.33. The molecule has 4 nitrogen and oxygen atoms in total. The molecule has 0 radical (unpaired) electrons. The minimum absolute atomic E-state index is 0.628. The van der Waals surface area contributed by atoms with Gasteiger partial charge in [-0.15, -0.1) is 0 Å². The van der Waals surface area contributed by atoms with Crippen molar-refractivity contribution in [1.82, 2.24) is 20.0 Å². The molecule has 1 N–H and O–H groups in total. The fourth-order valence-corrected chi connectivity index (χ4v) is 2.01. The molecule has 0 saturated carbocycles. The number of piperazine rings is 1. The Morgan fingerprint density at radius 1 is 1.60 bits per heavy atom. The molecule has 0 spiro atoms. The first-order valence-electron chi connectivity index (χ1n) is 5.75. The standard InChI is InChI=1S/C11H20N4/c1-3-15-9-11(7-13-15)8-14-5-4-12-6-10(14)2/h7,9-10,12H,3-6,8H2,1-2H3/t10-/m0/s1. The smallest absolute Gasteiger partial charge is 0.0534 e. The van der Waals surface area contributed by atoms with Crippen molar-refractivity contribution in [3.05, 3.63) is 18.0 Å². The third kappa shape index (κ3) is 2.58. The zero-order valence-electron chi connectivity index (χ0n) is 9.61. The van der Waals surface area contributed by atoms with Gasteiger partial charge in [0.15, 0.2) is 0 Å². The van der Waals surface area contributed by atoms with Crippen molar-refractivity contribution in [3.8, 4) is 0 Å². The largest absolute Gasteiger partial charge is 0.314 e. The van der Waals surface area contributed by atoms with Crippen molar-refractivity contribution in [2.24, 2.45) is 0 Å². The first kappa shape index (κ1) is 10.6. The Labute approximate surface area is 91.3 Å². The van der Waals surface area contributed by atoms with Crippen LogP contribution >= 0.6 is 0 Å². The van der Waals surface area contributed by atoms with E-state index >= 15 is 0 Å². The Kier molecular flexibility index (Phi) is 3.38. The highest BCUT2D eigenvalue weighted by Crippen LogP contribution is 2.09. The van der Waals surface area contributed by atoms with Gasteiger partial charge in [-0.2, -0.15) is 5.10 Å². The number of nitrogens with zero attached hydrogens (tertiary/aromatic N) is 3. The van der Waals surface area contributed by atoms with Crippen LogP contribution in [-0.4, -0.2) is 40.4 Å². The van der Waals surface area contributed by atoms with Gasteiger partial charge in [-0.05, 0) is 13.8 Å². The van der Waals surface area contributed by atoms with Gasteiger partial charge in [-0.3, -0.25) is 9.58 Å². The molecule has 0 bridgehead atoms. The summed E-state index contributed by atoms with van der Waals surface area (Å²) in [6.45, 7) is 9.72. The van der Waals surface area contributed by atoms with Gasteiger partial charge in [0, 0.05) is 50.5 Å². The van der Waals surface area contributed by atoms with E-state index in [9.17, 15) is 0 Å². The Hall–Kier alpha value is -0.870. The molecule has 0 aliphatic carbocycles. The van der Waals surface area contributed by atoms with Crippen molar-refractivity contribution in [3.63, 3.8) is 0 Å². The predicted octanol–water partition coefficient (Wildman–Crippen LogP) is 0.697. The molecule has 15 heavy (non-hydrogen) atoms. The molecule has 0 aromatic carbocycles. The first-order valence-corrected chi connectivity index (χ1v) is 5.75. The Morgan fingerprint density at radius 3 is 3.13 bits per heavy atom. The molecule has 1 aromatic rings. The summed E-state index contributed by atoms with van der Waals surface area (Å²) in [4.78, 5) is 2.51. The molecule has 1 aromatic heterocycles. The number of hydrogen-bond acceptors (Lipinski definition) is 3. The normalized spacial score (nSPS) is 23.2. The molecule has 84 valence electrons. The fraction of sp³-hybridized carbons (Fsp3) is 0.727. The first-order chi connectivity index (χ1) is 7.29. The third-order valence-corrected chi connectivity index (χ3v) is 3.04. The molecule has 1 aliphatic heterocycles. The molecule has 4 heteroatoms. The second kappa shape index (κ2) is 4.77. The molecule has 2 heterocycles. The van der Waals surface area contributed by atoms with Gasteiger partial charge in [0.25, 0.3) is 0 Å². The van der Waals surface area contributed by atoms with E-state index in [1.165, 1.54) is 5.56 Å². The lowest BCUT2D eigenvalue weighted by Crippen LogP contribution is -2.49. The summed E-state index contributed by atoms with van der Waals surface area (Å²) in [6, 6.07) is 0.628. The van der Waals surface area contributed by atoms with Crippen molar-refractivity contribution in [2.45, 2.75) is 33.0 Å². The lowest BCUT2D eigenvalue weighted by molar-refractivity contribution is 0.165. The van der Waals surface area contributed by atoms with Crippen LogP contribution < -0.4 is 5.32 Å². The van der Waals surface area contributed by atoms with Crippen LogP contribution in [0.2, 0.25) is 0 Å². The van der Waals surface area contributed by atoms with Gasteiger partial charge in [-0.1, -0.05) is 0 Å². The van der Waals surface area contributed by atoms with Crippen LogP contribution in [0.4, 0.5) is 0 Å². The Bertz CT molecular complexity index is 307. The summed E-state index contributed by atoms with van der Waals surface area (Å²) < 4.78 is 1.99. The molecule has 1 saturated heterocycles. The molecule has 2 rings (SSSR count). The van der Waals surface area contributed by atoms with Gasteiger partial charge in [0.1, 0.15) is 0 Å². The number of aromatic nitrogens is 2. The molecule has 1 fully saturated rings. The second-order valence-electron chi connectivity index (χ2n) is 4.23. The monoisotopic (exact) mass is 208 g/mol. The maximum Gasteiger partial charge on any atom is 0.0534 e. The van der Waals surface area contributed by atoms with Gasteiger partial charge in [-0.25, -0.2) is 0 Å². The quantitative estimate of drug-likeness (QED) is 0.793. The molecular formula is C11H20N4. The van der Waals surface area contributed by atoms with E-state index in [4.69, 9.17) is 0 Å². The Balaban J connectivity index is 1.95. The fourth-order valence-electron chi connectivity index (χ4n) is 2.01. The maximum absolute atomic E-state index is 4.30. The van der Waals surface area contributed by atoms with Crippen LogP contribution in [0.5, 0.6) is 0 Å². The van der Waals surface area contributed by atoms with Crippen molar-refractivity contribution in [1.29, 1.82) is 0 Å². The summed E-state index contributed by atoms with van der Waals surface area (Å²) in [5.74, 6) is 0. The molecular weight excluding hydrogens is 188 g/mol. The van der Waals surface area contributed by atoms with E-state index in [0.717, 1.165) is 32.7 Å². The zero-order chi connectivity index (χ0) is 10.7. The lowest BCUT2D eigenvalue weighted by atomic mass is 10.2. The summed E-state index contributed by atoms with van der Waals surface area (Å²) in [5.41, 5.74) is 1.32. The van der Waals surface area contributed by atoms with Crippen LogP contribution in [0.15, 0.2) is 12.4 Å². The zero-order valence-corrected chi connectivity index (χ0v) is 9.61.